The number of aryl methyl sites for hydroxylation is 1. The van der Waals surface area contributed by atoms with Gasteiger partial charge in [0.2, 0.25) is 12.3 Å². The Labute approximate surface area is 185 Å². The van der Waals surface area contributed by atoms with Crippen LogP contribution in [0.4, 0.5) is 10.6 Å². The predicted molar refractivity (Wildman–Crippen MR) is 116 cm³/mol. The molecule has 1 aliphatic carbocycles. The molecule has 3 aromatic heterocycles. The third-order valence-corrected chi connectivity index (χ3v) is 5.21. The predicted octanol–water partition coefficient (Wildman–Crippen LogP) is 2.47. The summed E-state index contributed by atoms with van der Waals surface area (Å²) in [5.74, 6) is 0.798. The normalized spacial score (nSPS) is 18.2. The number of nitrogens with zero attached hydrogens (tertiary/aromatic N) is 6. The van der Waals surface area contributed by atoms with Crippen LogP contribution in [0.3, 0.4) is 0 Å². The largest absolute Gasteiger partial charge is 0.473 e. The van der Waals surface area contributed by atoms with Gasteiger partial charge in [0.15, 0.2) is 5.82 Å². The Hall–Kier alpha value is -3.63. The van der Waals surface area contributed by atoms with E-state index in [1.807, 2.05) is 34.0 Å². The standard InChI is InChI=1S/C21H27N7O4/c1-21(2,3)32-20(30)27(5)14-6-15(7-14)31-19-17-8-18(22-12-29)25-28(17)11-16(24-19)13-9-23-26(4)10-13/h8-12,14-15H,6-7H2,1-5H3,(H,22,25,29). The minimum absolute atomic E-state index is 0.0320. The van der Waals surface area contributed by atoms with Crippen molar-refractivity contribution < 1.29 is 19.1 Å². The smallest absolute Gasteiger partial charge is 0.410 e. The van der Waals surface area contributed by atoms with E-state index in [9.17, 15) is 9.59 Å². The lowest BCUT2D eigenvalue weighted by Crippen LogP contribution is -2.51. The van der Waals surface area contributed by atoms with Crippen molar-refractivity contribution in [3.8, 4) is 17.1 Å². The fourth-order valence-electron chi connectivity index (χ4n) is 3.47. The number of nitrogens with one attached hydrogen (secondary N) is 1. The molecule has 0 aliphatic heterocycles. The Morgan fingerprint density at radius 2 is 2.06 bits per heavy atom. The van der Waals surface area contributed by atoms with Gasteiger partial charge in [-0.05, 0) is 20.8 Å². The van der Waals surface area contributed by atoms with Gasteiger partial charge >= 0.3 is 6.09 Å². The van der Waals surface area contributed by atoms with E-state index < -0.39 is 5.60 Å². The highest BCUT2D eigenvalue weighted by Gasteiger charge is 2.38. The lowest BCUT2D eigenvalue weighted by atomic mass is 9.88. The van der Waals surface area contributed by atoms with Crippen LogP contribution < -0.4 is 10.1 Å². The average molecular weight is 441 g/mol. The average Bonchev–Trinajstić information content (AvgIpc) is 3.28. The van der Waals surface area contributed by atoms with E-state index in [0.717, 1.165) is 5.56 Å². The van der Waals surface area contributed by atoms with Crippen molar-refractivity contribution in [2.24, 2.45) is 7.05 Å². The second-order valence-corrected chi connectivity index (χ2v) is 8.91. The first-order valence-corrected chi connectivity index (χ1v) is 10.3. The Morgan fingerprint density at radius 1 is 1.31 bits per heavy atom. The SMILES string of the molecule is CN(C(=O)OC(C)(C)C)C1CC(Oc2nc(-c3cnn(C)c3)cn3nc(NC=O)cc23)C1. The molecule has 3 aromatic rings. The summed E-state index contributed by atoms with van der Waals surface area (Å²) in [6.45, 7) is 5.53. The molecule has 0 spiro atoms. The molecule has 1 aliphatic rings. The number of amides is 2. The molecule has 4 rings (SSSR count). The monoisotopic (exact) mass is 441 g/mol. The Balaban J connectivity index is 1.52. The van der Waals surface area contributed by atoms with Gasteiger partial charge in [-0.15, -0.1) is 5.10 Å². The second kappa shape index (κ2) is 8.13. The fraction of sp³-hybridized carbons (Fsp3) is 0.476. The van der Waals surface area contributed by atoms with Crippen LogP contribution in [0, 0.1) is 0 Å². The molecule has 0 bridgehead atoms. The summed E-state index contributed by atoms with van der Waals surface area (Å²) in [4.78, 5) is 29.4. The van der Waals surface area contributed by atoms with Gasteiger partial charge in [-0.1, -0.05) is 0 Å². The Kier molecular flexibility index (Phi) is 5.49. The number of carbonyl (C=O) groups is 2. The van der Waals surface area contributed by atoms with Crippen molar-refractivity contribution in [1.82, 2.24) is 29.3 Å². The number of hydrogen-bond acceptors (Lipinski definition) is 7. The molecule has 1 fully saturated rings. The topological polar surface area (TPSA) is 116 Å². The number of rotatable bonds is 6. The third kappa shape index (κ3) is 4.51. The van der Waals surface area contributed by atoms with Crippen molar-refractivity contribution in [3.05, 3.63) is 24.7 Å². The van der Waals surface area contributed by atoms with Crippen LogP contribution in [-0.4, -0.2) is 66.6 Å². The Bertz CT molecular complexity index is 1140. The maximum Gasteiger partial charge on any atom is 0.410 e. The molecule has 11 nitrogen and oxygen atoms in total. The highest BCUT2D eigenvalue weighted by Crippen LogP contribution is 2.33. The van der Waals surface area contributed by atoms with E-state index >= 15 is 0 Å². The first-order valence-electron chi connectivity index (χ1n) is 10.3. The van der Waals surface area contributed by atoms with E-state index in [-0.39, 0.29) is 18.2 Å². The van der Waals surface area contributed by atoms with E-state index in [2.05, 4.69) is 20.5 Å². The molecular formula is C21H27N7O4. The van der Waals surface area contributed by atoms with Crippen molar-refractivity contribution in [1.29, 1.82) is 0 Å². The molecule has 3 heterocycles. The molecule has 0 atom stereocenters. The summed E-state index contributed by atoms with van der Waals surface area (Å²) in [6.07, 6.45) is 6.75. The first-order chi connectivity index (χ1) is 15.1. The van der Waals surface area contributed by atoms with E-state index in [1.54, 1.807) is 39.6 Å². The lowest BCUT2D eigenvalue weighted by Gasteiger charge is -2.40. The number of ether oxygens (including phenoxy) is 2. The van der Waals surface area contributed by atoms with Crippen molar-refractivity contribution in [2.45, 2.75) is 51.4 Å². The van der Waals surface area contributed by atoms with Crippen molar-refractivity contribution in [3.63, 3.8) is 0 Å². The minimum atomic E-state index is -0.539. The molecule has 1 N–H and O–H groups in total. The highest BCUT2D eigenvalue weighted by molar-refractivity contribution is 5.74. The van der Waals surface area contributed by atoms with Crippen LogP contribution in [0.5, 0.6) is 5.88 Å². The summed E-state index contributed by atoms with van der Waals surface area (Å²) in [5.41, 5.74) is 1.55. The zero-order valence-corrected chi connectivity index (χ0v) is 18.8. The van der Waals surface area contributed by atoms with Gasteiger partial charge in [-0.2, -0.15) is 5.10 Å². The number of carbonyl (C=O) groups excluding carboxylic acids is 2. The van der Waals surface area contributed by atoms with Gasteiger partial charge in [-0.25, -0.2) is 14.3 Å². The molecule has 11 heteroatoms. The van der Waals surface area contributed by atoms with Gasteiger partial charge in [-0.3, -0.25) is 9.48 Å². The molecule has 0 aromatic carbocycles. The first kappa shape index (κ1) is 21.6. The van der Waals surface area contributed by atoms with Gasteiger partial charge in [0, 0.05) is 50.8 Å². The summed E-state index contributed by atoms with van der Waals surface area (Å²) in [7, 11) is 3.57. The summed E-state index contributed by atoms with van der Waals surface area (Å²) < 4.78 is 14.9. The van der Waals surface area contributed by atoms with Gasteiger partial charge in [0.25, 0.3) is 0 Å². The van der Waals surface area contributed by atoms with E-state index in [1.165, 1.54) is 0 Å². The number of hydrogen-bond donors (Lipinski definition) is 1. The number of aromatic nitrogens is 5. The van der Waals surface area contributed by atoms with E-state index in [4.69, 9.17) is 9.47 Å². The zero-order valence-electron chi connectivity index (χ0n) is 18.8. The van der Waals surface area contributed by atoms with Crippen LogP contribution in [0.1, 0.15) is 33.6 Å². The third-order valence-electron chi connectivity index (χ3n) is 5.21. The molecule has 2 amide bonds. The second-order valence-electron chi connectivity index (χ2n) is 8.91. The molecule has 0 saturated heterocycles. The maximum absolute atomic E-state index is 12.3. The molecular weight excluding hydrogens is 414 g/mol. The van der Waals surface area contributed by atoms with Crippen LogP contribution >= 0.6 is 0 Å². The van der Waals surface area contributed by atoms with E-state index in [0.29, 0.717) is 42.2 Å². The van der Waals surface area contributed by atoms with Gasteiger partial charge in [0.05, 0.1) is 18.1 Å². The summed E-state index contributed by atoms with van der Waals surface area (Å²) in [6, 6.07) is 1.73. The Morgan fingerprint density at radius 3 is 2.69 bits per heavy atom. The lowest BCUT2D eigenvalue weighted by molar-refractivity contribution is -0.105. The van der Waals surface area contributed by atoms with Crippen molar-refractivity contribution >= 4 is 23.8 Å². The molecule has 0 radical (unpaired) electrons. The van der Waals surface area contributed by atoms with Crippen LogP contribution in [0.25, 0.3) is 16.8 Å². The number of fused-ring (bicyclic) bond motifs is 1. The number of anilines is 1. The minimum Gasteiger partial charge on any atom is -0.473 e. The quantitative estimate of drug-likeness (QED) is 0.584. The zero-order chi connectivity index (χ0) is 23.0. The van der Waals surface area contributed by atoms with Crippen LogP contribution in [0.15, 0.2) is 24.7 Å². The maximum atomic E-state index is 12.3. The van der Waals surface area contributed by atoms with Gasteiger partial charge < -0.3 is 19.7 Å². The van der Waals surface area contributed by atoms with Crippen LogP contribution in [0.2, 0.25) is 0 Å². The molecule has 32 heavy (non-hydrogen) atoms. The van der Waals surface area contributed by atoms with Crippen molar-refractivity contribution in [2.75, 3.05) is 12.4 Å². The highest BCUT2D eigenvalue weighted by atomic mass is 16.6. The molecule has 1 saturated carbocycles. The molecule has 170 valence electrons. The van der Waals surface area contributed by atoms with Crippen LogP contribution in [-0.2, 0) is 16.6 Å². The summed E-state index contributed by atoms with van der Waals surface area (Å²) in [5, 5.41) is 11.1. The summed E-state index contributed by atoms with van der Waals surface area (Å²) >= 11 is 0. The van der Waals surface area contributed by atoms with Gasteiger partial charge in [0.1, 0.15) is 17.2 Å². The fourth-order valence-corrected chi connectivity index (χ4v) is 3.47. The molecule has 0 unspecified atom stereocenters.